The molecule has 0 radical (unpaired) electrons. The van der Waals surface area contributed by atoms with Gasteiger partial charge >= 0.3 is 12.1 Å². The number of aliphatic hydroxyl groups is 1. The number of rotatable bonds is 8. The van der Waals surface area contributed by atoms with Crippen LogP contribution in [-0.4, -0.2) is 64.9 Å². The van der Waals surface area contributed by atoms with Crippen molar-refractivity contribution in [1.82, 2.24) is 10.2 Å². The minimum Gasteiger partial charge on any atom is -0.480 e. The number of ether oxygens (including phenoxy) is 1. The minimum absolute atomic E-state index is 0.108. The lowest BCUT2D eigenvalue weighted by Crippen LogP contribution is -2.62. The molecule has 2 unspecified atom stereocenters. The van der Waals surface area contributed by atoms with E-state index in [0.29, 0.717) is 12.8 Å². The van der Waals surface area contributed by atoms with E-state index in [1.165, 1.54) is 0 Å². The number of carbonyl (C=O) groups is 3. The van der Waals surface area contributed by atoms with Gasteiger partial charge in [-0.1, -0.05) is 68.3 Å². The Morgan fingerprint density at radius 2 is 1.71 bits per heavy atom. The van der Waals surface area contributed by atoms with Crippen LogP contribution in [0, 0.1) is 5.92 Å². The summed E-state index contributed by atoms with van der Waals surface area (Å²) in [5, 5.41) is 21.5. The van der Waals surface area contributed by atoms with E-state index in [9.17, 15) is 24.6 Å². The zero-order chi connectivity index (χ0) is 25.0. The van der Waals surface area contributed by atoms with Gasteiger partial charge in [-0.2, -0.15) is 0 Å². The summed E-state index contributed by atoms with van der Waals surface area (Å²) in [6.07, 6.45) is 1.71. The van der Waals surface area contributed by atoms with Crippen LogP contribution in [0.3, 0.4) is 0 Å². The SMILES string of the molecule is CC1CCCC(NC(=O)OCC2c3ccccc3-c3ccccc32)(C(=O)N(CCO)CC(=O)O)C1. The number of carbonyl (C=O) groups excluding carboxylic acids is 2. The number of benzene rings is 2. The Morgan fingerprint density at radius 1 is 1.09 bits per heavy atom. The summed E-state index contributed by atoms with van der Waals surface area (Å²) in [4.78, 5) is 39.0. The number of aliphatic carboxylic acids is 1. The van der Waals surface area contributed by atoms with Gasteiger partial charge in [0.25, 0.3) is 0 Å². The smallest absolute Gasteiger partial charge is 0.408 e. The molecule has 2 atom stereocenters. The molecule has 2 amide bonds. The van der Waals surface area contributed by atoms with Crippen LogP contribution < -0.4 is 5.32 Å². The Bertz CT molecular complexity index is 1060. The normalized spacial score (nSPS) is 21.0. The van der Waals surface area contributed by atoms with Gasteiger partial charge in [-0.15, -0.1) is 0 Å². The average molecular weight is 481 g/mol. The highest BCUT2D eigenvalue weighted by Gasteiger charge is 2.46. The third-order valence-corrected chi connectivity index (χ3v) is 7.08. The van der Waals surface area contributed by atoms with Crippen LogP contribution in [0.2, 0.25) is 0 Å². The second-order valence-corrected chi connectivity index (χ2v) is 9.58. The summed E-state index contributed by atoms with van der Waals surface area (Å²) >= 11 is 0. The van der Waals surface area contributed by atoms with Crippen molar-refractivity contribution in [2.24, 2.45) is 5.92 Å². The highest BCUT2D eigenvalue weighted by Crippen LogP contribution is 2.44. The molecule has 8 heteroatoms. The topological polar surface area (TPSA) is 116 Å². The first-order valence-electron chi connectivity index (χ1n) is 12.1. The van der Waals surface area contributed by atoms with E-state index < -0.39 is 30.1 Å². The number of aliphatic hydroxyl groups excluding tert-OH is 1. The summed E-state index contributed by atoms with van der Waals surface area (Å²) in [7, 11) is 0. The minimum atomic E-state index is -1.26. The average Bonchev–Trinajstić information content (AvgIpc) is 3.15. The molecule has 2 aliphatic rings. The van der Waals surface area contributed by atoms with E-state index in [1.54, 1.807) is 0 Å². The third-order valence-electron chi connectivity index (χ3n) is 7.08. The summed E-state index contributed by atoms with van der Waals surface area (Å²) in [6, 6.07) is 16.1. The van der Waals surface area contributed by atoms with Gasteiger partial charge in [0.15, 0.2) is 0 Å². The molecule has 2 aromatic carbocycles. The van der Waals surface area contributed by atoms with Gasteiger partial charge in [-0.3, -0.25) is 9.59 Å². The molecule has 2 aliphatic carbocycles. The summed E-state index contributed by atoms with van der Waals surface area (Å²) in [5.41, 5.74) is 3.17. The maximum atomic E-state index is 13.5. The Hall–Kier alpha value is -3.39. The van der Waals surface area contributed by atoms with Crippen molar-refractivity contribution in [3.05, 3.63) is 59.7 Å². The number of nitrogens with zero attached hydrogens (tertiary/aromatic N) is 1. The molecular formula is C27H32N2O6. The van der Waals surface area contributed by atoms with Crippen molar-refractivity contribution in [3.8, 4) is 11.1 Å². The summed E-state index contributed by atoms with van der Waals surface area (Å²) in [5.74, 6) is -1.61. The number of carboxylic acids is 1. The van der Waals surface area contributed by atoms with E-state index in [4.69, 9.17) is 4.74 Å². The molecule has 0 aliphatic heterocycles. The molecule has 1 fully saturated rings. The Labute approximate surface area is 204 Å². The number of hydrogen-bond donors (Lipinski definition) is 3. The van der Waals surface area contributed by atoms with E-state index >= 15 is 0 Å². The Balaban J connectivity index is 1.51. The lowest BCUT2D eigenvalue weighted by Gasteiger charge is -2.41. The van der Waals surface area contributed by atoms with Crippen LogP contribution in [0.4, 0.5) is 4.79 Å². The van der Waals surface area contributed by atoms with Crippen LogP contribution in [-0.2, 0) is 14.3 Å². The number of amides is 2. The molecule has 0 saturated heterocycles. The van der Waals surface area contributed by atoms with Crippen molar-refractivity contribution in [3.63, 3.8) is 0 Å². The fraction of sp³-hybridized carbons (Fsp3) is 0.444. The van der Waals surface area contributed by atoms with Gasteiger partial charge in [0, 0.05) is 12.5 Å². The van der Waals surface area contributed by atoms with Gasteiger partial charge < -0.3 is 25.2 Å². The molecule has 0 spiro atoms. The number of alkyl carbamates (subject to hydrolysis) is 1. The second-order valence-electron chi connectivity index (χ2n) is 9.58. The van der Waals surface area contributed by atoms with E-state index in [0.717, 1.165) is 40.0 Å². The maximum Gasteiger partial charge on any atom is 0.408 e. The fourth-order valence-corrected chi connectivity index (χ4v) is 5.58. The lowest BCUT2D eigenvalue weighted by atomic mass is 9.75. The first-order valence-corrected chi connectivity index (χ1v) is 12.1. The Morgan fingerprint density at radius 3 is 2.29 bits per heavy atom. The van der Waals surface area contributed by atoms with Gasteiger partial charge in [0.2, 0.25) is 5.91 Å². The molecule has 1 saturated carbocycles. The van der Waals surface area contributed by atoms with Crippen LogP contribution >= 0.6 is 0 Å². The van der Waals surface area contributed by atoms with Gasteiger partial charge in [0.05, 0.1) is 6.61 Å². The zero-order valence-electron chi connectivity index (χ0n) is 19.9. The molecular weight excluding hydrogens is 448 g/mol. The van der Waals surface area contributed by atoms with Gasteiger partial charge in [0.1, 0.15) is 18.7 Å². The van der Waals surface area contributed by atoms with Crippen LogP contribution in [0.5, 0.6) is 0 Å². The van der Waals surface area contributed by atoms with Gasteiger partial charge in [-0.05, 0) is 41.0 Å². The molecule has 3 N–H and O–H groups in total. The summed E-state index contributed by atoms with van der Waals surface area (Å²) in [6.45, 7) is 1.11. The van der Waals surface area contributed by atoms with E-state index in [-0.39, 0.29) is 31.6 Å². The maximum absolute atomic E-state index is 13.5. The molecule has 0 heterocycles. The number of hydrogen-bond acceptors (Lipinski definition) is 5. The van der Waals surface area contributed by atoms with Crippen molar-refractivity contribution in [1.29, 1.82) is 0 Å². The van der Waals surface area contributed by atoms with E-state index in [1.807, 2.05) is 43.3 Å². The molecule has 4 rings (SSSR count). The number of fused-ring (bicyclic) bond motifs is 3. The molecule has 8 nitrogen and oxygen atoms in total. The molecule has 186 valence electrons. The Kier molecular flexibility index (Phi) is 7.40. The highest BCUT2D eigenvalue weighted by molar-refractivity contribution is 5.92. The first kappa shape index (κ1) is 24.7. The predicted molar refractivity (Wildman–Crippen MR) is 130 cm³/mol. The highest BCUT2D eigenvalue weighted by atomic mass is 16.5. The standard InChI is InChI=1S/C27H32N2O6/c1-18-7-6-12-27(15-18,25(33)29(13-14-30)16-24(31)32)28-26(34)35-17-23-21-10-4-2-8-19(21)20-9-3-5-11-22(20)23/h2-5,8-11,18,23,30H,6-7,12-17H2,1H3,(H,28,34)(H,31,32). The first-order chi connectivity index (χ1) is 16.8. The van der Waals surface area contributed by atoms with Crippen LogP contribution in [0.25, 0.3) is 11.1 Å². The molecule has 35 heavy (non-hydrogen) atoms. The van der Waals surface area contributed by atoms with Crippen molar-refractivity contribution >= 4 is 18.0 Å². The summed E-state index contributed by atoms with van der Waals surface area (Å²) < 4.78 is 5.69. The van der Waals surface area contributed by atoms with Gasteiger partial charge in [-0.25, -0.2) is 4.79 Å². The van der Waals surface area contributed by atoms with Crippen molar-refractivity contribution in [2.75, 3.05) is 26.3 Å². The van der Waals surface area contributed by atoms with Crippen molar-refractivity contribution in [2.45, 2.75) is 44.1 Å². The van der Waals surface area contributed by atoms with Crippen LogP contribution in [0.1, 0.15) is 49.7 Å². The second kappa shape index (κ2) is 10.5. The largest absolute Gasteiger partial charge is 0.480 e. The molecule has 2 aromatic rings. The van der Waals surface area contributed by atoms with Crippen molar-refractivity contribution < 1.29 is 29.3 Å². The predicted octanol–water partition coefficient (Wildman–Crippen LogP) is 3.38. The fourth-order valence-electron chi connectivity index (χ4n) is 5.58. The number of carboxylic acid groups (broad SMARTS) is 1. The van der Waals surface area contributed by atoms with E-state index in [2.05, 4.69) is 17.4 Å². The zero-order valence-corrected chi connectivity index (χ0v) is 19.9. The molecule has 0 aromatic heterocycles. The van der Waals surface area contributed by atoms with Crippen LogP contribution in [0.15, 0.2) is 48.5 Å². The third kappa shape index (κ3) is 5.17. The molecule has 0 bridgehead atoms. The number of nitrogens with one attached hydrogen (secondary N) is 1. The lowest BCUT2D eigenvalue weighted by molar-refractivity contribution is -0.149. The quantitative estimate of drug-likeness (QED) is 0.533. The monoisotopic (exact) mass is 480 g/mol.